The predicted molar refractivity (Wildman–Crippen MR) is 116 cm³/mol. The maximum atomic E-state index is 12.9. The molecule has 1 aliphatic carbocycles. The van der Waals surface area contributed by atoms with Crippen LogP contribution in [0.5, 0.6) is 5.75 Å². The van der Waals surface area contributed by atoms with E-state index in [0.717, 1.165) is 36.3 Å². The van der Waals surface area contributed by atoms with E-state index in [1.165, 1.54) is 12.8 Å². The number of carbonyl (C=O) groups is 1. The molecule has 2 aromatic rings. The van der Waals surface area contributed by atoms with Gasteiger partial charge in [0, 0.05) is 24.8 Å². The first-order chi connectivity index (χ1) is 14.6. The van der Waals surface area contributed by atoms with Crippen molar-refractivity contribution in [3.8, 4) is 5.75 Å². The summed E-state index contributed by atoms with van der Waals surface area (Å²) in [6, 6.07) is 1.97. The molecule has 0 radical (unpaired) electrons. The molecule has 1 fully saturated rings. The first-order valence-corrected chi connectivity index (χ1v) is 10.3. The summed E-state index contributed by atoms with van der Waals surface area (Å²) in [6.45, 7) is 2.05. The van der Waals surface area contributed by atoms with Gasteiger partial charge in [-0.2, -0.15) is 10.1 Å². The Balaban J connectivity index is 1.61. The van der Waals surface area contributed by atoms with Gasteiger partial charge in [0.2, 0.25) is 11.9 Å². The van der Waals surface area contributed by atoms with Crippen LogP contribution in [-0.2, 0) is 4.79 Å². The van der Waals surface area contributed by atoms with Crippen LogP contribution in [0.3, 0.4) is 0 Å². The van der Waals surface area contributed by atoms with Crippen LogP contribution in [0.25, 0.3) is 0 Å². The third-order valence-electron chi connectivity index (χ3n) is 5.76. The molecule has 1 aliphatic heterocycles. The normalized spacial score (nSPS) is 19.4. The van der Waals surface area contributed by atoms with Crippen LogP contribution >= 0.6 is 0 Å². The fourth-order valence-corrected chi connectivity index (χ4v) is 4.22. The lowest BCUT2D eigenvalue weighted by molar-refractivity contribution is -0.120. The molecule has 0 bridgehead atoms. The summed E-state index contributed by atoms with van der Waals surface area (Å²) in [5.74, 6) is 1.95. The van der Waals surface area contributed by atoms with Crippen molar-refractivity contribution in [1.82, 2.24) is 15.0 Å². The third kappa shape index (κ3) is 3.79. The highest BCUT2D eigenvalue weighted by atomic mass is 16.5. The summed E-state index contributed by atoms with van der Waals surface area (Å²) in [7, 11) is 3.39. The number of hydrogen-bond acceptors (Lipinski definition) is 8. The van der Waals surface area contributed by atoms with Crippen LogP contribution in [0.4, 0.5) is 17.5 Å². The molecular formula is C21H27N7O2. The standard InChI is InChI=1S/C21H27N7O2/c1-4-17-20(29)27(2)18-13-23-21(25-19(18)28(17)15-7-5-6-8-15)26-24-11-14-9-16(30-3)12-22-10-14/h9-13,15,17H,4-8H2,1-3H3,(H,23,25,26)/b24-11+. The number of rotatable bonds is 6. The van der Waals surface area contributed by atoms with Crippen molar-refractivity contribution in [2.45, 2.75) is 51.1 Å². The second kappa shape index (κ2) is 8.64. The highest BCUT2D eigenvalue weighted by molar-refractivity contribution is 6.04. The van der Waals surface area contributed by atoms with Gasteiger partial charge in [-0.1, -0.05) is 19.8 Å². The predicted octanol–water partition coefficient (Wildman–Crippen LogP) is 2.83. The van der Waals surface area contributed by atoms with Crippen LogP contribution in [-0.4, -0.2) is 53.3 Å². The number of ether oxygens (including phenoxy) is 1. The van der Waals surface area contributed by atoms with Gasteiger partial charge in [0.1, 0.15) is 17.5 Å². The number of hydrazone groups is 1. The summed E-state index contributed by atoms with van der Waals surface area (Å²) in [4.78, 5) is 30.0. The van der Waals surface area contributed by atoms with Crippen molar-refractivity contribution < 1.29 is 9.53 Å². The van der Waals surface area contributed by atoms with Crippen molar-refractivity contribution in [2.24, 2.45) is 5.10 Å². The molecule has 30 heavy (non-hydrogen) atoms. The Morgan fingerprint density at radius 3 is 2.83 bits per heavy atom. The Bertz CT molecular complexity index is 943. The van der Waals surface area contributed by atoms with E-state index < -0.39 is 0 Å². The van der Waals surface area contributed by atoms with Crippen LogP contribution in [0.15, 0.2) is 29.8 Å². The highest BCUT2D eigenvalue weighted by Gasteiger charge is 2.41. The first kappa shape index (κ1) is 20.1. The Labute approximate surface area is 176 Å². The number of pyridine rings is 1. The molecule has 1 amide bonds. The van der Waals surface area contributed by atoms with E-state index in [1.807, 2.05) is 6.07 Å². The molecule has 1 saturated carbocycles. The fourth-order valence-electron chi connectivity index (χ4n) is 4.22. The van der Waals surface area contributed by atoms with Gasteiger partial charge in [0.25, 0.3) is 0 Å². The molecule has 9 heteroatoms. The fraction of sp³-hybridized carbons (Fsp3) is 0.476. The molecule has 1 unspecified atom stereocenters. The number of methoxy groups -OCH3 is 1. The van der Waals surface area contributed by atoms with Crippen molar-refractivity contribution in [3.05, 3.63) is 30.2 Å². The van der Waals surface area contributed by atoms with Crippen molar-refractivity contribution in [2.75, 3.05) is 29.4 Å². The average Bonchev–Trinajstić information content (AvgIpc) is 3.30. The van der Waals surface area contributed by atoms with Crippen molar-refractivity contribution in [1.29, 1.82) is 0 Å². The van der Waals surface area contributed by atoms with Gasteiger partial charge < -0.3 is 14.5 Å². The van der Waals surface area contributed by atoms with Crippen LogP contribution < -0.4 is 20.0 Å². The molecule has 0 spiro atoms. The molecule has 0 saturated heterocycles. The third-order valence-corrected chi connectivity index (χ3v) is 5.76. The largest absolute Gasteiger partial charge is 0.495 e. The van der Waals surface area contributed by atoms with Gasteiger partial charge in [-0.25, -0.2) is 10.4 Å². The summed E-state index contributed by atoms with van der Waals surface area (Å²) >= 11 is 0. The number of nitrogens with one attached hydrogen (secondary N) is 1. The number of carbonyl (C=O) groups excluding carboxylic acids is 1. The molecule has 0 aromatic carbocycles. The summed E-state index contributed by atoms with van der Waals surface area (Å²) in [5, 5.41) is 4.24. The topological polar surface area (TPSA) is 95.8 Å². The van der Waals surface area contributed by atoms with E-state index in [0.29, 0.717) is 17.7 Å². The maximum absolute atomic E-state index is 12.9. The molecule has 1 N–H and O–H groups in total. The van der Waals surface area contributed by atoms with E-state index in [-0.39, 0.29) is 11.9 Å². The van der Waals surface area contributed by atoms with Crippen molar-refractivity contribution in [3.63, 3.8) is 0 Å². The van der Waals surface area contributed by atoms with E-state index in [2.05, 4.69) is 32.3 Å². The van der Waals surface area contributed by atoms with Crippen molar-refractivity contribution >= 4 is 29.6 Å². The molecular weight excluding hydrogens is 382 g/mol. The van der Waals surface area contributed by atoms with Gasteiger partial charge in [0.05, 0.1) is 25.7 Å². The number of nitrogens with zero attached hydrogens (tertiary/aromatic N) is 6. The minimum atomic E-state index is -0.195. The molecule has 158 valence electrons. The van der Waals surface area contributed by atoms with E-state index in [9.17, 15) is 4.79 Å². The van der Waals surface area contributed by atoms with E-state index >= 15 is 0 Å². The summed E-state index contributed by atoms with van der Waals surface area (Å²) in [5.41, 5.74) is 4.43. The highest BCUT2D eigenvalue weighted by Crippen LogP contribution is 2.39. The minimum Gasteiger partial charge on any atom is -0.495 e. The van der Waals surface area contributed by atoms with Gasteiger partial charge in [-0.15, -0.1) is 0 Å². The zero-order chi connectivity index (χ0) is 21.1. The summed E-state index contributed by atoms with van der Waals surface area (Å²) in [6.07, 6.45) is 11.9. The number of likely N-dealkylation sites (N-methyl/N-ethyl adjacent to an activating group) is 1. The second-order valence-electron chi connectivity index (χ2n) is 7.60. The molecule has 4 rings (SSSR count). The lowest BCUT2D eigenvalue weighted by Gasteiger charge is -2.43. The lowest BCUT2D eigenvalue weighted by Crippen LogP contribution is -2.55. The number of hydrogen-bond donors (Lipinski definition) is 1. The number of amides is 1. The Morgan fingerprint density at radius 2 is 2.10 bits per heavy atom. The Morgan fingerprint density at radius 1 is 1.30 bits per heavy atom. The molecule has 2 aromatic heterocycles. The van der Waals surface area contributed by atoms with Gasteiger partial charge in [0.15, 0.2) is 5.82 Å². The molecule has 3 heterocycles. The monoisotopic (exact) mass is 409 g/mol. The number of fused-ring (bicyclic) bond motifs is 1. The maximum Gasteiger partial charge on any atom is 0.249 e. The molecule has 1 atom stereocenters. The van der Waals surface area contributed by atoms with Gasteiger partial charge in [-0.3, -0.25) is 9.78 Å². The first-order valence-electron chi connectivity index (χ1n) is 10.3. The zero-order valence-corrected chi connectivity index (χ0v) is 17.6. The molecule has 2 aliphatic rings. The van der Waals surface area contributed by atoms with Crippen LogP contribution in [0.2, 0.25) is 0 Å². The smallest absolute Gasteiger partial charge is 0.249 e. The Kier molecular flexibility index (Phi) is 5.78. The van der Waals surface area contributed by atoms with Gasteiger partial charge >= 0.3 is 0 Å². The van der Waals surface area contributed by atoms with Crippen LogP contribution in [0.1, 0.15) is 44.6 Å². The van der Waals surface area contributed by atoms with Crippen LogP contribution in [0, 0.1) is 0 Å². The summed E-state index contributed by atoms with van der Waals surface area (Å²) < 4.78 is 5.17. The van der Waals surface area contributed by atoms with Gasteiger partial charge in [-0.05, 0) is 25.3 Å². The quantitative estimate of drug-likeness (QED) is 0.579. The number of aromatic nitrogens is 3. The second-order valence-corrected chi connectivity index (χ2v) is 7.60. The van der Waals surface area contributed by atoms with E-state index in [4.69, 9.17) is 9.72 Å². The minimum absolute atomic E-state index is 0.102. The lowest BCUT2D eigenvalue weighted by atomic mass is 10.0. The average molecular weight is 409 g/mol. The molecule has 9 nitrogen and oxygen atoms in total. The zero-order valence-electron chi connectivity index (χ0n) is 17.6. The Hall–Kier alpha value is -3.23. The van der Waals surface area contributed by atoms with E-state index in [1.54, 1.807) is 43.9 Å². The SMILES string of the molecule is CCC1C(=O)N(C)c2cnc(N/N=C/c3cncc(OC)c3)nc2N1C1CCCC1. The number of anilines is 3.